The maximum atomic E-state index is 12.9. The van der Waals surface area contributed by atoms with E-state index in [9.17, 15) is 9.59 Å². The van der Waals surface area contributed by atoms with Crippen LogP contribution in [-0.2, 0) is 20.8 Å². The van der Waals surface area contributed by atoms with Crippen molar-refractivity contribution in [2.24, 2.45) is 0 Å². The van der Waals surface area contributed by atoms with Gasteiger partial charge in [0.2, 0.25) is 0 Å². The maximum Gasteiger partial charge on any atom is 0.407 e. The lowest BCUT2D eigenvalue weighted by atomic mass is 9.89. The summed E-state index contributed by atoms with van der Waals surface area (Å²) in [6.07, 6.45) is 9.53. The Morgan fingerprint density at radius 1 is 1.14 bits per heavy atom. The molecule has 2 bridgehead atoms. The predicted molar refractivity (Wildman–Crippen MR) is 135 cm³/mol. The summed E-state index contributed by atoms with van der Waals surface area (Å²) >= 11 is 1.29. The number of methoxy groups -OCH3 is 2. The summed E-state index contributed by atoms with van der Waals surface area (Å²) in [5, 5.41) is 3.04. The van der Waals surface area contributed by atoms with Gasteiger partial charge in [0.05, 0.1) is 25.9 Å². The Balaban J connectivity index is 1.55. The molecule has 2 saturated heterocycles. The van der Waals surface area contributed by atoms with Gasteiger partial charge in [-0.25, -0.2) is 4.79 Å². The van der Waals surface area contributed by atoms with Crippen LogP contribution in [0, 0.1) is 0 Å². The fraction of sp³-hybridized carbons (Fsp3) is 0.615. The number of carbonyl (C=O) groups excluding carboxylic acids is 2. The van der Waals surface area contributed by atoms with Gasteiger partial charge in [-0.15, -0.1) is 0 Å². The third-order valence-electron chi connectivity index (χ3n) is 6.92. The largest absolute Gasteiger partial charge is 0.497 e. The zero-order valence-corrected chi connectivity index (χ0v) is 21.4. The second kappa shape index (κ2) is 12.1. The number of benzene rings is 1. The fourth-order valence-corrected chi connectivity index (χ4v) is 6.17. The number of nitrogens with one attached hydrogen (secondary N) is 1. The van der Waals surface area contributed by atoms with Crippen LogP contribution < -0.4 is 10.1 Å². The summed E-state index contributed by atoms with van der Waals surface area (Å²) in [6, 6.07) is 7.28. The first-order valence-corrected chi connectivity index (χ1v) is 13.4. The van der Waals surface area contributed by atoms with Crippen LogP contribution in [0.25, 0.3) is 0 Å². The number of carbonyl (C=O) groups is 2. The van der Waals surface area contributed by atoms with Crippen molar-refractivity contribution in [2.45, 2.75) is 75.5 Å². The van der Waals surface area contributed by atoms with Crippen LogP contribution in [0.1, 0.15) is 50.5 Å². The minimum Gasteiger partial charge on any atom is -0.497 e. The van der Waals surface area contributed by atoms with E-state index in [4.69, 9.17) is 18.9 Å². The summed E-state index contributed by atoms with van der Waals surface area (Å²) < 4.78 is 23.4. The van der Waals surface area contributed by atoms with Crippen molar-refractivity contribution >= 4 is 23.1 Å². The molecule has 1 aromatic rings. The topological polar surface area (TPSA) is 86.3 Å². The molecular formula is C26H36N2O6S. The van der Waals surface area contributed by atoms with Crippen molar-refractivity contribution in [3.05, 3.63) is 42.0 Å². The van der Waals surface area contributed by atoms with E-state index in [1.165, 1.54) is 11.8 Å². The lowest BCUT2D eigenvalue weighted by Gasteiger charge is -2.48. The summed E-state index contributed by atoms with van der Waals surface area (Å²) in [7, 11) is 3.27. The average Bonchev–Trinajstić information content (AvgIpc) is 3.23. The average molecular weight is 505 g/mol. The highest BCUT2D eigenvalue weighted by atomic mass is 32.2. The minimum atomic E-state index is -1.01. The van der Waals surface area contributed by atoms with Crippen LogP contribution in [0.15, 0.2) is 36.4 Å². The first kappa shape index (κ1) is 25.9. The molecule has 2 amide bonds. The summed E-state index contributed by atoms with van der Waals surface area (Å²) in [5.74, 6) is 0.323. The van der Waals surface area contributed by atoms with E-state index in [1.54, 1.807) is 14.2 Å². The SMILES string of the molecule is COc1ccc(CN2C(=O)SCC2[C@@]2(OC)C[C@H]3C[C@@H](CCCC=CCCCOC(=O)N3)O2)cc1. The highest BCUT2D eigenvalue weighted by Gasteiger charge is 2.53. The van der Waals surface area contributed by atoms with Crippen molar-refractivity contribution in [3.63, 3.8) is 0 Å². The third kappa shape index (κ3) is 6.51. The molecule has 0 aliphatic carbocycles. The van der Waals surface area contributed by atoms with Crippen LogP contribution in [0.4, 0.5) is 9.59 Å². The Bertz CT molecular complexity index is 894. The van der Waals surface area contributed by atoms with Gasteiger partial charge in [0.15, 0.2) is 5.79 Å². The fourth-order valence-electron chi connectivity index (χ4n) is 5.08. The number of amides is 2. The third-order valence-corrected chi connectivity index (χ3v) is 7.88. The lowest BCUT2D eigenvalue weighted by Crippen LogP contribution is -2.62. The van der Waals surface area contributed by atoms with Crippen LogP contribution >= 0.6 is 11.8 Å². The molecule has 8 nitrogen and oxygen atoms in total. The molecule has 9 heteroatoms. The molecule has 0 aromatic heterocycles. The van der Waals surface area contributed by atoms with Gasteiger partial charge < -0.3 is 29.2 Å². The first-order valence-electron chi connectivity index (χ1n) is 12.4. The number of hydrogen-bond donors (Lipinski definition) is 1. The molecule has 3 heterocycles. The van der Waals surface area contributed by atoms with Gasteiger partial charge in [-0.05, 0) is 56.2 Å². The Hall–Kier alpha value is -2.23. The molecule has 1 N–H and O–H groups in total. The van der Waals surface area contributed by atoms with E-state index in [1.807, 2.05) is 29.2 Å². The number of ether oxygens (including phenoxy) is 4. The van der Waals surface area contributed by atoms with Gasteiger partial charge in [-0.1, -0.05) is 36.0 Å². The summed E-state index contributed by atoms with van der Waals surface area (Å²) in [4.78, 5) is 27.3. The van der Waals surface area contributed by atoms with Gasteiger partial charge in [-0.2, -0.15) is 0 Å². The van der Waals surface area contributed by atoms with Gasteiger partial charge in [0, 0.05) is 31.9 Å². The highest BCUT2D eigenvalue weighted by Crippen LogP contribution is 2.42. The molecule has 3 aliphatic heterocycles. The number of cyclic esters (lactones) is 1. The van der Waals surface area contributed by atoms with Crippen molar-refractivity contribution < 1.29 is 28.5 Å². The number of allylic oxidation sites excluding steroid dienone is 2. The Kier molecular flexibility index (Phi) is 8.97. The van der Waals surface area contributed by atoms with Crippen molar-refractivity contribution in [1.29, 1.82) is 0 Å². The van der Waals surface area contributed by atoms with E-state index in [2.05, 4.69) is 17.5 Å². The number of fused-ring (bicyclic) bond motifs is 2. The maximum absolute atomic E-state index is 12.9. The quantitative estimate of drug-likeness (QED) is 0.573. The summed E-state index contributed by atoms with van der Waals surface area (Å²) in [5.41, 5.74) is 1.00. The molecule has 0 spiro atoms. The van der Waals surface area contributed by atoms with E-state index in [0.717, 1.165) is 43.4 Å². The number of alkyl carbamates (subject to hydrolysis) is 1. The molecule has 1 unspecified atom stereocenters. The van der Waals surface area contributed by atoms with Crippen molar-refractivity contribution in [1.82, 2.24) is 10.2 Å². The number of thioether (sulfide) groups is 1. The minimum absolute atomic E-state index is 0.00386. The smallest absolute Gasteiger partial charge is 0.407 e. The second-order valence-electron chi connectivity index (χ2n) is 9.29. The second-order valence-corrected chi connectivity index (χ2v) is 10.3. The normalized spacial score (nSPS) is 30.3. The van der Waals surface area contributed by atoms with Crippen LogP contribution in [0.3, 0.4) is 0 Å². The van der Waals surface area contributed by atoms with Crippen molar-refractivity contribution in [3.8, 4) is 5.75 Å². The molecule has 4 atom stereocenters. The Labute approximate surface area is 211 Å². The Morgan fingerprint density at radius 3 is 2.66 bits per heavy atom. The predicted octanol–water partition coefficient (Wildman–Crippen LogP) is 4.87. The van der Waals surface area contributed by atoms with E-state index in [0.29, 0.717) is 31.7 Å². The van der Waals surface area contributed by atoms with Crippen LogP contribution in [0.2, 0.25) is 0 Å². The number of hydrogen-bond acceptors (Lipinski definition) is 7. The van der Waals surface area contributed by atoms with Gasteiger partial charge in [-0.3, -0.25) is 4.79 Å². The standard InChI is InChI=1S/C26H36N2O6S/c1-31-21-12-10-19(11-13-21)17-28-23(18-35-25(28)30)26(32-2)16-20-15-22(34-26)9-7-5-3-4-6-8-14-33-24(29)27-20/h3-4,10-13,20,22-23H,5-9,14-18H2,1-2H3,(H,27,29)/t20-,22-,23?,26-/m1/s1. The van der Waals surface area contributed by atoms with Gasteiger partial charge >= 0.3 is 6.09 Å². The highest BCUT2D eigenvalue weighted by molar-refractivity contribution is 8.13. The van der Waals surface area contributed by atoms with Crippen molar-refractivity contribution in [2.75, 3.05) is 26.6 Å². The summed E-state index contributed by atoms with van der Waals surface area (Å²) in [6.45, 7) is 0.839. The zero-order chi connectivity index (χ0) is 24.7. The van der Waals surface area contributed by atoms with Gasteiger partial charge in [0.25, 0.3) is 5.24 Å². The zero-order valence-electron chi connectivity index (χ0n) is 20.6. The van der Waals surface area contributed by atoms with Crippen LogP contribution in [0.5, 0.6) is 5.75 Å². The van der Waals surface area contributed by atoms with E-state index < -0.39 is 11.9 Å². The molecule has 192 valence electrons. The molecule has 35 heavy (non-hydrogen) atoms. The number of rotatable bonds is 5. The molecule has 1 aromatic carbocycles. The lowest BCUT2D eigenvalue weighted by molar-refractivity contribution is -0.294. The first-order chi connectivity index (χ1) is 17.0. The number of nitrogens with zero attached hydrogens (tertiary/aromatic N) is 1. The molecular weight excluding hydrogens is 468 g/mol. The molecule has 0 saturated carbocycles. The van der Waals surface area contributed by atoms with E-state index >= 15 is 0 Å². The van der Waals surface area contributed by atoms with Gasteiger partial charge in [0.1, 0.15) is 5.75 Å². The molecule has 3 aliphatic rings. The van der Waals surface area contributed by atoms with E-state index in [-0.39, 0.29) is 23.4 Å². The monoisotopic (exact) mass is 504 g/mol. The Morgan fingerprint density at radius 2 is 1.91 bits per heavy atom. The molecule has 4 rings (SSSR count). The molecule has 0 radical (unpaired) electrons. The molecule has 2 fully saturated rings. The van der Waals surface area contributed by atoms with Crippen LogP contribution in [-0.4, -0.2) is 66.8 Å².